The molecule has 0 aliphatic carbocycles. The van der Waals surface area contributed by atoms with Crippen LogP contribution in [0, 0.1) is 0 Å². The van der Waals surface area contributed by atoms with E-state index < -0.39 is 0 Å². The summed E-state index contributed by atoms with van der Waals surface area (Å²) >= 11 is 0. The molecular weight excluding hydrogens is 174 g/mol. The first-order chi connectivity index (χ1) is 6.90. The van der Waals surface area contributed by atoms with Crippen molar-refractivity contribution < 1.29 is 0 Å². The lowest BCUT2D eigenvalue weighted by atomic mass is 10.2. The summed E-state index contributed by atoms with van der Waals surface area (Å²) in [5.41, 5.74) is 0.969. The summed E-state index contributed by atoms with van der Waals surface area (Å²) in [6.45, 7) is 4.00. The first kappa shape index (κ1) is 10.4. The fraction of sp³-hybridized carbons (Fsp3) is 0.273. The first-order valence-electron chi connectivity index (χ1n) is 4.80. The minimum atomic E-state index is 0.661. The van der Waals surface area contributed by atoms with Crippen molar-refractivity contribution in [2.45, 2.75) is 13.8 Å². The maximum atomic E-state index is 4.27. The lowest BCUT2D eigenvalue weighted by Crippen LogP contribution is -1.95. The van der Waals surface area contributed by atoms with E-state index in [4.69, 9.17) is 0 Å². The Balaban J connectivity index is 0.000000461. The molecular formula is C11H15N3. The van der Waals surface area contributed by atoms with Gasteiger partial charge in [0, 0.05) is 18.6 Å². The summed E-state index contributed by atoms with van der Waals surface area (Å²) in [5.74, 6) is 0.661. The van der Waals surface area contributed by atoms with Gasteiger partial charge in [0.2, 0.25) is 5.95 Å². The Kier molecular flexibility index (Phi) is 3.85. The number of nitrogens with one attached hydrogen (secondary N) is 1. The zero-order chi connectivity index (χ0) is 10.4. The van der Waals surface area contributed by atoms with Crippen LogP contribution >= 0.6 is 0 Å². The van der Waals surface area contributed by atoms with Gasteiger partial charge in [-0.2, -0.15) is 0 Å². The molecule has 0 bridgehead atoms. The van der Waals surface area contributed by atoms with Gasteiger partial charge >= 0.3 is 0 Å². The van der Waals surface area contributed by atoms with Gasteiger partial charge in [0.15, 0.2) is 0 Å². The maximum absolute atomic E-state index is 4.27. The highest BCUT2D eigenvalue weighted by Gasteiger charge is 1.94. The molecule has 0 saturated carbocycles. The third kappa shape index (κ3) is 2.19. The van der Waals surface area contributed by atoms with E-state index in [1.807, 2.05) is 51.4 Å². The van der Waals surface area contributed by atoms with E-state index in [9.17, 15) is 0 Å². The number of fused-ring (bicyclic) bond motifs is 1. The van der Waals surface area contributed by atoms with E-state index >= 15 is 0 Å². The fourth-order valence-corrected chi connectivity index (χ4v) is 1.09. The largest absolute Gasteiger partial charge is 0.357 e. The van der Waals surface area contributed by atoms with Crippen LogP contribution in [-0.2, 0) is 0 Å². The molecule has 0 spiro atoms. The average molecular weight is 189 g/mol. The Morgan fingerprint density at radius 3 is 2.57 bits per heavy atom. The van der Waals surface area contributed by atoms with Gasteiger partial charge in [-0.05, 0) is 6.07 Å². The molecule has 0 aliphatic rings. The van der Waals surface area contributed by atoms with Crippen molar-refractivity contribution in [3.63, 3.8) is 0 Å². The lowest BCUT2D eigenvalue weighted by molar-refractivity contribution is 1.19. The number of benzene rings is 1. The minimum Gasteiger partial charge on any atom is -0.357 e. The summed E-state index contributed by atoms with van der Waals surface area (Å²) in [6, 6.07) is 7.91. The van der Waals surface area contributed by atoms with Crippen LogP contribution in [0.25, 0.3) is 10.9 Å². The molecule has 0 amide bonds. The highest BCUT2D eigenvalue weighted by molar-refractivity contribution is 5.78. The lowest BCUT2D eigenvalue weighted by Gasteiger charge is -1.99. The molecule has 0 saturated heterocycles. The molecule has 0 radical (unpaired) electrons. The number of para-hydroxylation sites is 1. The van der Waals surface area contributed by atoms with Gasteiger partial charge in [0.05, 0.1) is 5.52 Å². The van der Waals surface area contributed by atoms with Crippen LogP contribution in [0.3, 0.4) is 0 Å². The molecule has 1 aromatic heterocycles. The summed E-state index contributed by atoms with van der Waals surface area (Å²) in [4.78, 5) is 8.37. The van der Waals surface area contributed by atoms with Gasteiger partial charge in [0.25, 0.3) is 0 Å². The number of hydrogen-bond acceptors (Lipinski definition) is 3. The van der Waals surface area contributed by atoms with Gasteiger partial charge in [-0.1, -0.05) is 32.0 Å². The van der Waals surface area contributed by atoms with Crippen LogP contribution in [0.4, 0.5) is 5.95 Å². The number of anilines is 1. The molecule has 0 atom stereocenters. The van der Waals surface area contributed by atoms with Crippen LogP contribution in [0.2, 0.25) is 0 Å². The van der Waals surface area contributed by atoms with E-state index in [1.54, 1.807) is 0 Å². The molecule has 0 fully saturated rings. The van der Waals surface area contributed by atoms with Crippen molar-refractivity contribution in [3.05, 3.63) is 30.5 Å². The fourth-order valence-electron chi connectivity index (χ4n) is 1.09. The molecule has 74 valence electrons. The molecule has 0 unspecified atom stereocenters. The summed E-state index contributed by atoms with van der Waals surface area (Å²) < 4.78 is 0. The molecule has 3 nitrogen and oxygen atoms in total. The van der Waals surface area contributed by atoms with Crippen LogP contribution < -0.4 is 5.32 Å². The van der Waals surface area contributed by atoms with Crippen molar-refractivity contribution in [3.8, 4) is 0 Å². The molecule has 14 heavy (non-hydrogen) atoms. The number of rotatable bonds is 1. The second-order valence-corrected chi connectivity index (χ2v) is 2.50. The van der Waals surface area contributed by atoms with E-state index in [-0.39, 0.29) is 0 Å². The number of aromatic nitrogens is 2. The van der Waals surface area contributed by atoms with Crippen LogP contribution in [0.15, 0.2) is 30.5 Å². The van der Waals surface area contributed by atoms with Gasteiger partial charge < -0.3 is 5.32 Å². The highest BCUT2D eigenvalue weighted by Crippen LogP contribution is 2.10. The van der Waals surface area contributed by atoms with Crippen molar-refractivity contribution >= 4 is 16.9 Å². The number of nitrogens with zero attached hydrogens (tertiary/aromatic N) is 2. The zero-order valence-corrected chi connectivity index (χ0v) is 8.78. The van der Waals surface area contributed by atoms with Gasteiger partial charge in [0.1, 0.15) is 0 Å². The Hall–Kier alpha value is -1.64. The molecule has 0 aliphatic heterocycles. The topological polar surface area (TPSA) is 37.8 Å². The number of hydrogen-bond donors (Lipinski definition) is 1. The SMILES string of the molecule is CC.CNc1ncc2ccccc2n1. The minimum absolute atomic E-state index is 0.661. The summed E-state index contributed by atoms with van der Waals surface area (Å²) in [5, 5.41) is 3.96. The van der Waals surface area contributed by atoms with Crippen molar-refractivity contribution in [2.75, 3.05) is 12.4 Å². The van der Waals surface area contributed by atoms with E-state index in [0.717, 1.165) is 10.9 Å². The van der Waals surface area contributed by atoms with Crippen LogP contribution in [0.5, 0.6) is 0 Å². The summed E-state index contributed by atoms with van der Waals surface area (Å²) in [6.07, 6.45) is 1.81. The Morgan fingerprint density at radius 2 is 1.86 bits per heavy atom. The molecule has 2 rings (SSSR count). The molecule has 1 aromatic carbocycles. The third-order valence-electron chi connectivity index (χ3n) is 1.71. The first-order valence-corrected chi connectivity index (χ1v) is 4.80. The highest BCUT2D eigenvalue weighted by atomic mass is 15.1. The van der Waals surface area contributed by atoms with Crippen molar-refractivity contribution in [2.24, 2.45) is 0 Å². The normalized spacial score (nSPS) is 9.07. The molecule has 2 aromatic rings. The monoisotopic (exact) mass is 189 g/mol. The molecule has 3 heteroatoms. The van der Waals surface area contributed by atoms with Crippen LogP contribution in [0.1, 0.15) is 13.8 Å². The predicted octanol–water partition coefficient (Wildman–Crippen LogP) is 2.70. The maximum Gasteiger partial charge on any atom is 0.222 e. The second kappa shape index (κ2) is 5.17. The third-order valence-corrected chi connectivity index (χ3v) is 1.71. The standard InChI is InChI=1S/C9H9N3.C2H6/c1-10-9-11-6-7-4-2-3-5-8(7)12-9;1-2/h2-6H,1H3,(H,10,11,12);1-2H3. The van der Waals surface area contributed by atoms with Crippen molar-refractivity contribution in [1.82, 2.24) is 9.97 Å². The Morgan fingerprint density at radius 1 is 1.14 bits per heavy atom. The van der Waals surface area contributed by atoms with E-state index in [0.29, 0.717) is 5.95 Å². The Bertz CT molecular complexity index is 398. The van der Waals surface area contributed by atoms with Gasteiger partial charge in [-0.3, -0.25) is 0 Å². The van der Waals surface area contributed by atoms with Crippen LogP contribution in [-0.4, -0.2) is 17.0 Å². The Labute approximate surface area is 84.2 Å². The van der Waals surface area contributed by atoms with Crippen molar-refractivity contribution in [1.29, 1.82) is 0 Å². The molecule has 1 N–H and O–H groups in total. The second-order valence-electron chi connectivity index (χ2n) is 2.50. The van der Waals surface area contributed by atoms with Gasteiger partial charge in [-0.15, -0.1) is 0 Å². The van der Waals surface area contributed by atoms with Gasteiger partial charge in [-0.25, -0.2) is 9.97 Å². The average Bonchev–Trinajstić information content (AvgIpc) is 2.31. The summed E-state index contributed by atoms with van der Waals surface area (Å²) in [7, 11) is 1.81. The predicted molar refractivity (Wildman–Crippen MR) is 60.4 cm³/mol. The van der Waals surface area contributed by atoms with E-state index in [2.05, 4.69) is 15.3 Å². The quantitative estimate of drug-likeness (QED) is 0.749. The van der Waals surface area contributed by atoms with E-state index in [1.165, 1.54) is 0 Å². The molecule has 1 heterocycles. The smallest absolute Gasteiger partial charge is 0.222 e. The zero-order valence-electron chi connectivity index (χ0n) is 8.78.